The van der Waals surface area contributed by atoms with Crippen molar-refractivity contribution in [1.82, 2.24) is 20.6 Å². The van der Waals surface area contributed by atoms with E-state index in [0.29, 0.717) is 11.5 Å². The van der Waals surface area contributed by atoms with Gasteiger partial charge in [0.05, 0.1) is 7.11 Å². The Balaban J connectivity index is 2.24. The summed E-state index contributed by atoms with van der Waals surface area (Å²) < 4.78 is 10.4. The van der Waals surface area contributed by atoms with E-state index in [1.165, 1.54) is 0 Å². The Bertz CT molecular complexity index is 401. The van der Waals surface area contributed by atoms with E-state index in [1.54, 1.807) is 19.2 Å². The van der Waals surface area contributed by atoms with Crippen molar-refractivity contribution in [3.63, 3.8) is 0 Å². The van der Waals surface area contributed by atoms with Gasteiger partial charge in [-0.1, -0.05) is 22.3 Å². The second-order valence-corrected chi connectivity index (χ2v) is 2.45. The first-order valence-electron chi connectivity index (χ1n) is 3.94. The summed E-state index contributed by atoms with van der Waals surface area (Å²) in [7, 11) is 1.57. The van der Waals surface area contributed by atoms with Gasteiger partial charge in [0, 0.05) is 0 Å². The number of hydrogen-bond donors (Lipinski definition) is 1. The number of ether oxygens (including phenoxy) is 2. The molecule has 14 heavy (non-hydrogen) atoms. The van der Waals surface area contributed by atoms with E-state index in [1.807, 2.05) is 12.1 Å². The minimum Gasteiger partial charge on any atom is -0.493 e. The number of aromatic nitrogens is 4. The van der Waals surface area contributed by atoms with E-state index in [-0.39, 0.29) is 6.01 Å². The Hall–Kier alpha value is -2.11. The number of hydrogen-bond acceptors (Lipinski definition) is 5. The Kier molecular flexibility index (Phi) is 2.26. The van der Waals surface area contributed by atoms with Crippen molar-refractivity contribution in [3.8, 4) is 17.5 Å². The lowest BCUT2D eigenvalue weighted by Gasteiger charge is -2.05. The van der Waals surface area contributed by atoms with Crippen LogP contribution in [0.25, 0.3) is 0 Å². The molecule has 1 aromatic carbocycles. The van der Waals surface area contributed by atoms with E-state index in [4.69, 9.17) is 9.47 Å². The molecular formula is C8H8N4O2. The summed E-state index contributed by atoms with van der Waals surface area (Å²) in [6.07, 6.45) is 0. The number of benzene rings is 1. The first kappa shape index (κ1) is 8.49. The molecule has 0 radical (unpaired) electrons. The number of para-hydroxylation sites is 2. The Morgan fingerprint density at radius 1 is 1.21 bits per heavy atom. The molecule has 0 amide bonds. The largest absolute Gasteiger partial charge is 0.493 e. The third-order valence-electron chi connectivity index (χ3n) is 1.60. The SMILES string of the molecule is COc1ccccc1Oc1nn[nH]n1. The van der Waals surface area contributed by atoms with Crippen LogP contribution in [0.15, 0.2) is 24.3 Å². The van der Waals surface area contributed by atoms with Crippen molar-refractivity contribution < 1.29 is 9.47 Å². The molecule has 6 heteroatoms. The maximum Gasteiger partial charge on any atom is 0.361 e. The van der Waals surface area contributed by atoms with Crippen molar-refractivity contribution >= 4 is 0 Å². The van der Waals surface area contributed by atoms with Gasteiger partial charge in [0.2, 0.25) is 0 Å². The van der Waals surface area contributed by atoms with Gasteiger partial charge in [-0.15, -0.1) is 0 Å². The highest BCUT2D eigenvalue weighted by atomic mass is 16.5. The summed E-state index contributed by atoms with van der Waals surface area (Å²) in [6, 6.07) is 7.39. The van der Waals surface area contributed by atoms with Crippen LogP contribution in [0.4, 0.5) is 0 Å². The van der Waals surface area contributed by atoms with Crippen molar-refractivity contribution in [3.05, 3.63) is 24.3 Å². The monoisotopic (exact) mass is 192 g/mol. The number of nitrogens with zero attached hydrogens (tertiary/aromatic N) is 3. The quantitative estimate of drug-likeness (QED) is 0.785. The van der Waals surface area contributed by atoms with Gasteiger partial charge < -0.3 is 9.47 Å². The minimum absolute atomic E-state index is 0.162. The van der Waals surface area contributed by atoms with Gasteiger partial charge in [0.1, 0.15) is 0 Å². The first-order valence-corrected chi connectivity index (χ1v) is 3.94. The van der Waals surface area contributed by atoms with E-state index in [0.717, 1.165) is 0 Å². The zero-order valence-corrected chi connectivity index (χ0v) is 7.47. The maximum absolute atomic E-state index is 5.30. The number of nitrogens with one attached hydrogen (secondary N) is 1. The van der Waals surface area contributed by atoms with Crippen LogP contribution in [0.3, 0.4) is 0 Å². The molecule has 0 aliphatic heterocycles. The normalized spacial score (nSPS) is 9.79. The summed E-state index contributed by atoms with van der Waals surface area (Å²) >= 11 is 0. The highest BCUT2D eigenvalue weighted by Gasteiger charge is 2.06. The van der Waals surface area contributed by atoms with Gasteiger partial charge in [0.25, 0.3) is 0 Å². The Morgan fingerprint density at radius 3 is 2.64 bits per heavy atom. The highest BCUT2D eigenvalue weighted by molar-refractivity contribution is 5.40. The molecule has 0 unspecified atom stereocenters. The van der Waals surface area contributed by atoms with Gasteiger partial charge in [-0.25, -0.2) is 0 Å². The molecule has 0 spiro atoms. The first-order chi connectivity index (χ1) is 6.90. The van der Waals surface area contributed by atoms with Crippen molar-refractivity contribution in [2.75, 3.05) is 7.11 Å². The van der Waals surface area contributed by atoms with E-state index in [9.17, 15) is 0 Å². The zero-order chi connectivity index (χ0) is 9.80. The number of aromatic amines is 1. The van der Waals surface area contributed by atoms with Gasteiger partial charge in [0.15, 0.2) is 11.5 Å². The van der Waals surface area contributed by atoms with Crippen LogP contribution in [-0.4, -0.2) is 27.7 Å². The van der Waals surface area contributed by atoms with E-state index >= 15 is 0 Å². The lowest BCUT2D eigenvalue weighted by Crippen LogP contribution is -1.90. The second kappa shape index (κ2) is 3.73. The molecule has 0 aliphatic carbocycles. The summed E-state index contributed by atoms with van der Waals surface area (Å²) in [4.78, 5) is 0. The fourth-order valence-electron chi connectivity index (χ4n) is 0.997. The van der Waals surface area contributed by atoms with Crippen LogP contribution in [-0.2, 0) is 0 Å². The van der Waals surface area contributed by atoms with Crippen LogP contribution in [0.1, 0.15) is 0 Å². The molecule has 1 heterocycles. The molecule has 0 aliphatic rings. The molecule has 1 aromatic heterocycles. The van der Waals surface area contributed by atoms with Gasteiger partial charge >= 0.3 is 6.01 Å². The predicted molar refractivity (Wildman–Crippen MR) is 47.2 cm³/mol. The van der Waals surface area contributed by atoms with Crippen LogP contribution >= 0.6 is 0 Å². The Labute approximate surface area is 79.9 Å². The third-order valence-corrected chi connectivity index (χ3v) is 1.60. The Morgan fingerprint density at radius 2 is 2.00 bits per heavy atom. The van der Waals surface area contributed by atoms with Crippen molar-refractivity contribution in [1.29, 1.82) is 0 Å². The summed E-state index contributed by atoms with van der Waals surface area (Å²) in [5, 5.41) is 13.0. The zero-order valence-electron chi connectivity index (χ0n) is 7.47. The second-order valence-electron chi connectivity index (χ2n) is 2.45. The molecule has 1 N–H and O–H groups in total. The summed E-state index contributed by atoms with van der Waals surface area (Å²) in [5.41, 5.74) is 0. The number of rotatable bonds is 3. The lowest BCUT2D eigenvalue weighted by molar-refractivity contribution is 0.368. The molecule has 72 valence electrons. The molecule has 0 bridgehead atoms. The van der Waals surface area contributed by atoms with Crippen LogP contribution in [0.5, 0.6) is 17.5 Å². The molecule has 0 saturated carbocycles. The number of tetrazole rings is 1. The smallest absolute Gasteiger partial charge is 0.361 e. The van der Waals surface area contributed by atoms with Crippen LogP contribution in [0.2, 0.25) is 0 Å². The van der Waals surface area contributed by atoms with Crippen LogP contribution in [0, 0.1) is 0 Å². The fourth-order valence-corrected chi connectivity index (χ4v) is 0.997. The number of methoxy groups -OCH3 is 1. The molecule has 2 aromatic rings. The highest BCUT2D eigenvalue weighted by Crippen LogP contribution is 2.28. The third kappa shape index (κ3) is 1.63. The minimum atomic E-state index is 0.162. The molecule has 6 nitrogen and oxygen atoms in total. The standard InChI is InChI=1S/C8H8N4O2/c1-13-6-4-2-3-5-7(6)14-8-9-11-12-10-8/h2-5H,1H3,(H,9,10,11,12). The lowest BCUT2D eigenvalue weighted by atomic mass is 10.3. The van der Waals surface area contributed by atoms with E-state index < -0.39 is 0 Å². The maximum atomic E-state index is 5.30. The van der Waals surface area contributed by atoms with E-state index in [2.05, 4.69) is 20.6 Å². The fraction of sp³-hybridized carbons (Fsp3) is 0.125. The van der Waals surface area contributed by atoms with Crippen LogP contribution < -0.4 is 9.47 Å². The van der Waals surface area contributed by atoms with Crippen molar-refractivity contribution in [2.24, 2.45) is 0 Å². The summed E-state index contributed by atoms with van der Waals surface area (Å²) in [6.45, 7) is 0. The van der Waals surface area contributed by atoms with Gasteiger partial charge in [-0.3, -0.25) is 0 Å². The topological polar surface area (TPSA) is 72.9 Å². The summed E-state index contributed by atoms with van der Waals surface area (Å²) in [5.74, 6) is 1.17. The van der Waals surface area contributed by atoms with Gasteiger partial charge in [-0.05, 0) is 17.3 Å². The molecule has 0 atom stereocenters. The van der Waals surface area contributed by atoms with Gasteiger partial charge in [-0.2, -0.15) is 5.21 Å². The average molecular weight is 192 g/mol. The molecule has 0 saturated heterocycles. The molecule has 0 fully saturated rings. The predicted octanol–water partition coefficient (Wildman–Crippen LogP) is 1.00. The van der Waals surface area contributed by atoms with Crippen molar-refractivity contribution in [2.45, 2.75) is 0 Å². The molecule has 2 rings (SSSR count). The molecular weight excluding hydrogens is 184 g/mol. The average Bonchev–Trinajstić information content (AvgIpc) is 2.71. The number of H-pyrrole nitrogens is 1.